The third-order valence-electron chi connectivity index (χ3n) is 2.62. The number of carbonyl (C=O) groups excluding carboxylic acids is 1. The molecule has 0 spiro atoms. The minimum absolute atomic E-state index is 0.230. The van der Waals surface area contributed by atoms with Gasteiger partial charge in [-0.05, 0) is 14.0 Å². The van der Waals surface area contributed by atoms with Crippen molar-refractivity contribution in [2.45, 2.75) is 6.92 Å². The van der Waals surface area contributed by atoms with E-state index in [2.05, 4.69) is 20.7 Å². The van der Waals surface area contributed by atoms with Gasteiger partial charge in [-0.2, -0.15) is 5.10 Å². The maximum absolute atomic E-state index is 11.9. The van der Waals surface area contributed by atoms with Crippen molar-refractivity contribution < 1.29 is 9.21 Å². The summed E-state index contributed by atoms with van der Waals surface area (Å²) in [4.78, 5) is 16.1. The predicted octanol–water partition coefficient (Wildman–Crippen LogP) is 0.333. The molecule has 0 aliphatic carbocycles. The van der Waals surface area contributed by atoms with E-state index < -0.39 is 0 Å². The van der Waals surface area contributed by atoms with Crippen LogP contribution in [0, 0.1) is 6.92 Å². The molecule has 2 heterocycles. The number of hydrogen-bond acceptors (Lipinski definition) is 5. The molecule has 0 radical (unpaired) electrons. The molecule has 19 heavy (non-hydrogen) atoms. The molecule has 102 valence electrons. The van der Waals surface area contributed by atoms with Gasteiger partial charge in [0.15, 0.2) is 5.69 Å². The Morgan fingerprint density at radius 3 is 2.89 bits per heavy atom. The molecule has 0 aliphatic rings. The van der Waals surface area contributed by atoms with Crippen LogP contribution in [0.5, 0.6) is 0 Å². The van der Waals surface area contributed by atoms with Gasteiger partial charge in [0.05, 0.1) is 11.8 Å². The van der Waals surface area contributed by atoms with Gasteiger partial charge in [-0.25, -0.2) is 4.98 Å². The molecular formula is C12H17N5O2. The Kier molecular flexibility index (Phi) is 3.96. The number of hydrogen-bond donors (Lipinski definition) is 2. The summed E-state index contributed by atoms with van der Waals surface area (Å²) in [6.45, 7) is 2.97. The SMILES string of the molecule is CNCCNC(=O)c1nc(-c2cnn(C)c2)oc1C. The lowest BCUT2D eigenvalue weighted by molar-refractivity contribution is 0.0948. The predicted molar refractivity (Wildman–Crippen MR) is 69.7 cm³/mol. The molecule has 2 N–H and O–H groups in total. The standard InChI is InChI=1S/C12H17N5O2/c1-8-10(11(18)14-5-4-13-2)16-12(19-8)9-6-15-17(3)7-9/h6-7,13H,4-5H2,1-3H3,(H,14,18). The Bertz CT molecular complexity index is 572. The molecule has 0 saturated carbocycles. The van der Waals surface area contributed by atoms with E-state index in [1.54, 1.807) is 24.0 Å². The summed E-state index contributed by atoms with van der Waals surface area (Å²) in [6, 6.07) is 0. The van der Waals surface area contributed by atoms with Crippen molar-refractivity contribution in [2.75, 3.05) is 20.1 Å². The second-order valence-corrected chi connectivity index (χ2v) is 4.19. The molecule has 0 bridgehead atoms. The van der Waals surface area contributed by atoms with Crippen molar-refractivity contribution >= 4 is 5.91 Å². The zero-order valence-corrected chi connectivity index (χ0v) is 11.2. The summed E-state index contributed by atoms with van der Waals surface area (Å²) in [6.07, 6.45) is 3.43. The number of oxazole rings is 1. The van der Waals surface area contributed by atoms with Gasteiger partial charge in [-0.3, -0.25) is 9.48 Å². The van der Waals surface area contributed by atoms with Gasteiger partial charge >= 0.3 is 0 Å². The lowest BCUT2D eigenvalue weighted by Gasteiger charge is -2.01. The quantitative estimate of drug-likeness (QED) is 0.759. The van der Waals surface area contributed by atoms with Crippen LogP contribution in [-0.2, 0) is 7.05 Å². The highest BCUT2D eigenvalue weighted by Gasteiger charge is 2.18. The van der Waals surface area contributed by atoms with Crippen molar-refractivity contribution in [1.29, 1.82) is 0 Å². The molecule has 0 fully saturated rings. The first kappa shape index (κ1) is 13.3. The van der Waals surface area contributed by atoms with Crippen molar-refractivity contribution in [1.82, 2.24) is 25.4 Å². The lowest BCUT2D eigenvalue weighted by Crippen LogP contribution is -2.30. The van der Waals surface area contributed by atoms with E-state index in [-0.39, 0.29) is 5.91 Å². The van der Waals surface area contributed by atoms with Gasteiger partial charge in [-0.1, -0.05) is 0 Å². The van der Waals surface area contributed by atoms with Crippen molar-refractivity contribution in [2.24, 2.45) is 7.05 Å². The topological polar surface area (TPSA) is 85.0 Å². The number of amides is 1. The molecule has 0 unspecified atom stereocenters. The molecule has 0 atom stereocenters. The number of aromatic nitrogens is 3. The molecule has 1 amide bonds. The monoisotopic (exact) mass is 263 g/mol. The molecular weight excluding hydrogens is 246 g/mol. The fraction of sp³-hybridized carbons (Fsp3) is 0.417. The average Bonchev–Trinajstić information content (AvgIpc) is 2.95. The second-order valence-electron chi connectivity index (χ2n) is 4.19. The van der Waals surface area contributed by atoms with Gasteiger partial charge in [-0.15, -0.1) is 0 Å². The minimum atomic E-state index is -0.230. The zero-order chi connectivity index (χ0) is 13.8. The maximum Gasteiger partial charge on any atom is 0.273 e. The number of nitrogens with one attached hydrogen (secondary N) is 2. The van der Waals surface area contributed by atoms with Gasteiger partial charge in [0.25, 0.3) is 5.91 Å². The molecule has 2 aromatic rings. The van der Waals surface area contributed by atoms with Crippen molar-refractivity contribution in [3.8, 4) is 11.5 Å². The molecule has 0 aromatic carbocycles. The van der Waals surface area contributed by atoms with E-state index in [9.17, 15) is 4.79 Å². The lowest BCUT2D eigenvalue weighted by atomic mass is 10.3. The van der Waals surface area contributed by atoms with E-state index >= 15 is 0 Å². The summed E-state index contributed by atoms with van der Waals surface area (Å²) in [5.74, 6) is 0.678. The van der Waals surface area contributed by atoms with E-state index in [0.29, 0.717) is 30.4 Å². The molecule has 7 heteroatoms. The summed E-state index contributed by atoms with van der Waals surface area (Å²) in [7, 11) is 3.64. The highest BCUT2D eigenvalue weighted by Crippen LogP contribution is 2.20. The van der Waals surface area contributed by atoms with Gasteiger partial charge in [0.1, 0.15) is 5.76 Å². The molecule has 0 aliphatic heterocycles. The van der Waals surface area contributed by atoms with Crippen LogP contribution in [0.25, 0.3) is 11.5 Å². The van der Waals surface area contributed by atoms with Crippen LogP contribution >= 0.6 is 0 Å². The third-order valence-corrected chi connectivity index (χ3v) is 2.62. The molecule has 0 saturated heterocycles. The highest BCUT2D eigenvalue weighted by molar-refractivity contribution is 5.93. The van der Waals surface area contributed by atoms with E-state index in [0.717, 1.165) is 5.56 Å². The largest absolute Gasteiger partial charge is 0.440 e. The summed E-state index contributed by atoms with van der Waals surface area (Å²) in [5, 5.41) is 9.76. The van der Waals surface area contributed by atoms with Crippen LogP contribution in [0.1, 0.15) is 16.2 Å². The number of carbonyl (C=O) groups is 1. The Balaban J connectivity index is 2.14. The number of aryl methyl sites for hydroxylation is 2. The van der Waals surface area contributed by atoms with Crippen LogP contribution < -0.4 is 10.6 Å². The van der Waals surface area contributed by atoms with Crippen LogP contribution in [0.4, 0.5) is 0 Å². The zero-order valence-electron chi connectivity index (χ0n) is 11.2. The first-order valence-corrected chi connectivity index (χ1v) is 6.01. The first-order valence-electron chi connectivity index (χ1n) is 6.01. The Morgan fingerprint density at radius 2 is 2.26 bits per heavy atom. The van der Waals surface area contributed by atoms with Crippen molar-refractivity contribution in [3.63, 3.8) is 0 Å². The van der Waals surface area contributed by atoms with Gasteiger partial charge in [0, 0.05) is 26.3 Å². The average molecular weight is 263 g/mol. The number of likely N-dealkylation sites (N-methyl/N-ethyl adjacent to an activating group) is 1. The van der Waals surface area contributed by atoms with Crippen LogP contribution in [0.2, 0.25) is 0 Å². The Hall–Kier alpha value is -2.15. The minimum Gasteiger partial charge on any atom is -0.440 e. The molecule has 2 aromatic heterocycles. The maximum atomic E-state index is 11.9. The highest BCUT2D eigenvalue weighted by atomic mass is 16.4. The Labute approximate surface area is 111 Å². The van der Waals surface area contributed by atoms with Gasteiger partial charge < -0.3 is 15.1 Å². The molecule has 7 nitrogen and oxygen atoms in total. The number of nitrogens with zero attached hydrogens (tertiary/aromatic N) is 3. The normalized spacial score (nSPS) is 10.7. The van der Waals surface area contributed by atoms with Crippen LogP contribution in [0.3, 0.4) is 0 Å². The smallest absolute Gasteiger partial charge is 0.273 e. The Morgan fingerprint density at radius 1 is 1.47 bits per heavy atom. The summed E-state index contributed by atoms with van der Waals surface area (Å²) in [5.41, 5.74) is 1.06. The molecule has 2 rings (SSSR count). The van der Waals surface area contributed by atoms with E-state index in [1.807, 2.05) is 14.1 Å². The van der Waals surface area contributed by atoms with E-state index in [1.165, 1.54) is 0 Å². The van der Waals surface area contributed by atoms with Crippen molar-refractivity contribution in [3.05, 3.63) is 23.8 Å². The third kappa shape index (κ3) is 3.00. The summed E-state index contributed by atoms with van der Waals surface area (Å²) >= 11 is 0. The van der Waals surface area contributed by atoms with Gasteiger partial charge in [0.2, 0.25) is 5.89 Å². The fourth-order valence-electron chi connectivity index (χ4n) is 1.65. The van der Waals surface area contributed by atoms with Crippen LogP contribution in [0.15, 0.2) is 16.8 Å². The van der Waals surface area contributed by atoms with Crippen LogP contribution in [-0.4, -0.2) is 40.8 Å². The summed E-state index contributed by atoms with van der Waals surface area (Å²) < 4.78 is 7.15. The number of rotatable bonds is 5. The second kappa shape index (κ2) is 5.66. The van der Waals surface area contributed by atoms with E-state index in [4.69, 9.17) is 4.42 Å². The fourth-order valence-corrected chi connectivity index (χ4v) is 1.65. The first-order chi connectivity index (χ1) is 9.11.